The molecule has 3 saturated carbocycles. The Kier molecular flexibility index (Phi) is 1.07. The zero-order valence-corrected chi connectivity index (χ0v) is 6.92. The molecule has 0 aromatic rings. The largest absolute Gasteiger partial charge is 0.389 e. The van der Waals surface area contributed by atoms with Crippen LogP contribution in [0, 0.1) is 17.8 Å². The number of hydrogen-bond acceptors (Lipinski definition) is 1. The quantitative estimate of drug-likeness (QED) is 0.562. The minimum Gasteiger partial charge on any atom is -0.389 e. The molecule has 0 aliphatic heterocycles. The van der Waals surface area contributed by atoms with Crippen LogP contribution in [0.2, 0.25) is 0 Å². The Labute approximate surface area is 67.8 Å². The molecular formula is C10H16O. The van der Waals surface area contributed by atoms with Gasteiger partial charge < -0.3 is 5.11 Å². The number of hydrogen-bond donors (Lipinski definition) is 1. The van der Waals surface area contributed by atoms with E-state index >= 15 is 0 Å². The molecule has 3 aliphatic carbocycles. The minimum absolute atomic E-state index is 0.178. The number of fused-ring (bicyclic) bond motifs is 5. The summed E-state index contributed by atoms with van der Waals surface area (Å²) < 4.78 is 0. The van der Waals surface area contributed by atoms with Crippen LogP contribution in [0.3, 0.4) is 0 Å². The molecule has 0 aromatic heterocycles. The Morgan fingerprint density at radius 1 is 1.18 bits per heavy atom. The van der Waals surface area contributed by atoms with Crippen molar-refractivity contribution in [1.29, 1.82) is 0 Å². The zero-order valence-electron chi connectivity index (χ0n) is 6.92. The SMILES string of the molecule is O[C@@]12CCC[C@@H]1[C@@H]1CC[C@H]2C1. The van der Waals surface area contributed by atoms with Gasteiger partial charge in [0.2, 0.25) is 0 Å². The fourth-order valence-electron chi connectivity index (χ4n) is 4.03. The average Bonchev–Trinajstić information content (AvgIpc) is 2.54. The van der Waals surface area contributed by atoms with Crippen LogP contribution in [-0.2, 0) is 0 Å². The van der Waals surface area contributed by atoms with Crippen molar-refractivity contribution in [3.05, 3.63) is 0 Å². The highest BCUT2D eigenvalue weighted by Gasteiger charge is 2.58. The lowest BCUT2D eigenvalue weighted by atomic mass is 9.78. The van der Waals surface area contributed by atoms with Crippen LogP contribution in [0.4, 0.5) is 0 Å². The molecule has 11 heavy (non-hydrogen) atoms. The van der Waals surface area contributed by atoms with Crippen LogP contribution < -0.4 is 0 Å². The highest BCUT2D eigenvalue weighted by molar-refractivity contribution is 5.09. The molecule has 1 heteroatoms. The van der Waals surface area contributed by atoms with Crippen molar-refractivity contribution in [2.75, 3.05) is 0 Å². The van der Waals surface area contributed by atoms with E-state index in [1.807, 2.05) is 0 Å². The molecule has 0 unspecified atom stereocenters. The number of rotatable bonds is 0. The number of aliphatic hydroxyl groups is 1. The van der Waals surface area contributed by atoms with E-state index in [1.165, 1.54) is 32.1 Å². The first kappa shape index (κ1) is 6.47. The molecule has 0 heterocycles. The van der Waals surface area contributed by atoms with Gasteiger partial charge in [0.1, 0.15) is 0 Å². The molecule has 0 amide bonds. The second kappa shape index (κ2) is 1.82. The zero-order chi connectivity index (χ0) is 7.47. The third kappa shape index (κ3) is 0.618. The molecular weight excluding hydrogens is 136 g/mol. The van der Waals surface area contributed by atoms with Gasteiger partial charge in [-0.25, -0.2) is 0 Å². The Morgan fingerprint density at radius 3 is 2.91 bits per heavy atom. The maximum Gasteiger partial charge on any atom is 0.0706 e. The van der Waals surface area contributed by atoms with E-state index in [0.717, 1.165) is 12.3 Å². The van der Waals surface area contributed by atoms with Crippen molar-refractivity contribution in [2.24, 2.45) is 17.8 Å². The van der Waals surface area contributed by atoms with Gasteiger partial charge in [0.15, 0.2) is 0 Å². The molecule has 1 N–H and O–H groups in total. The summed E-state index contributed by atoms with van der Waals surface area (Å²) in [4.78, 5) is 0. The van der Waals surface area contributed by atoms with E-state index in [0.29, 0.717) is 11.8 Å². The van der Waals surface area contributed by atoms with Crippen LogP contribution in [0.1, 0.15) is 38.5 Å². The third-order valence-corrected chi connectivity index (χ3v) is 4.48. The van der Waals surface area contributed by atoms with Crippen molar-refractivity contribution in [2.45, 2.75) is 44.1 Å². The van der Waals surface area contributed by atoms with Gasteiger partial charge in [-0.3, -0.25) is 0 Å². The highest BCUT2D eigenvalue weighted by Crippen LogP contribution is 2.60. The summed E-state index contributed by atoms with van der Waals surface area (Å²) in [5.41, 5.74) is -0.178. The average molecular weight is 152 g/mol. The van der Waals surface area contributed by atoms with Crippen molar-refractivity contribution < 1.29 is 5.11 Å². The van der Waals surface area contributed by atoms with E-state index in [9.17, 15) is 5.11 Å². The molecule has 4 atom stereocenters. The van der Waals surface area contributed by atoms with E-state index in [1.54, 1.807) is 0 Å². The van der Waals surface area contributed by atoms with Gasteiger partial charge in [0.25, 0.3) is 0 Å². The molecule has 0 aromatic carbocycles. The lowest BCUT2D eigenvalue weighted by Crippen LogP contribution is -2.38. The molecule has 1 nitrogen and oxygen atoms in total. The fraction of sp³-hybridized carbons (Fsp3) is 1.00. The van der Waals surface area contributed by atoms with Crippen molar-refractivity contribution in [1.82, 2.24) is 0 Å². The summed E-state index contributed by atoms with van der Waals surface area (Å²) in [5.74, 6) is 2.31. The first-order valence-electron chi connectivity index (χ1n) is 5.03. The summed E-state index contributed by atoms with van der Waals surface area (Å²) in [7, 11) is 0. The molecule has 3 fully saturated rings. The molecule has 0 saturated heterocycles. The van der Waals surface area contributed by atoms with Gasteiger partial charge in [-0.2, -0.15) is 0 Å². The third-order valence-electron chi connectivity index (χ3n) is 4.48. The molecule has 3 aliphatic rings. The first-order valence-corrected chi connectivity index (χ1v) is 5.03. The summed E-state index contributed by atoms with van der Waals surface area (Å²) in [6.45, 7) is 0. The van der Waals surface area contributed by atoms with E-state index in [-0.39, 0.29) is 5.60 Å². The topological polar surface area (TPSA) is 20.2 Å². The van der Waals surface area contributed by atoms with Crippen molar-refractivity contribution >= 4 is 0 Å². The standard InChI is InChI=1S/C10H16O/c11-10-5-1-2-9(10)7-3-4-8(10)6-7/h7-9,11H,1-6H2/t7-,8+,9-,10-/m1/s1. The van der Waals surface area contributed by atoms with E-state index in [4.69, 9.17) is 0 Å². The van der Waals surface area contributed by atoms with E-state index in [2.05, 4.69) is 0 Å². The Hall–Kier alpha value is -0.0400. The first-order chi connectivity index (χ1) is 5.31. The van der Waals surface area contributed by atoms with Gasteiger partial charge in [0, 0.05) is 0 Å². The predicted octanol–water partition coefficient (Wildman–Crippen LogP) is 1.95. The molecule has 62 valence electrons. The smallest absolute Gasteiger partial charge is 0.0706 e. The maximum atomic E-state index is 10.3. The Morgan fingerprint density at radius 2 is 2.09 bits per heavy atom. The summed E-state index contributed by atoms with van der Waals surface area (Å²) >= 11 is 0. The summed E-state index contributed by atoms with van der Waals surface area (Å²) in [6.07, 6.45) is 7.79. The van der Waals surface area contributed by atoms with Gasteiger partial charge >= 0.3 is 0 Å². The van der Waals surface area contributed by atoms with Crippen LogP contribution in [-0.4, -0.2) is 10.7 Å². The maximum absolute atomic E-state index is 10.3. The van der Waals surface area contributed by atoms with Crippen LogP contribution in [0.25, 0.3) is 0 Å². The monoisotopic (exact) mass is 152 g/mol. The molecule has 3 rings (SSSR count). The van der Waals surface area contributed by atoms with Crippen molar-refractivity contribution in [3.8, 4) is 0 Å². The lowest BCUT2D eigenvalue weighted by molar-refractivity contribution is -0.0398. The van der Waals surface area contributed by atoms with E-state index < -0.39 is 0 Å². The molecule has 0 radical (unpaired) electrons. The summed E-state index contributed by atoms with van der Waals surface area (Å²) in [6, 6.07) is 0. The fourth-order valence-corrected chi connectivity index (χ4v) is 4.03. The molecule has 0 spiro atoms. The van der Waals surface area contributed by atoms with Crippen molar-refractivity contribution in [3.63, 3.8) is 0 Å². The second-order valence-corrected chi connectivity index (χ2v) is 4.76. The van der Waals surface area contributed by atoms with Crippen LogP contribution >= 0.6 is 0 Å². The van der Waals surface area contributed by atoms with Crippen LogP contribution in [0.15, 0.2) is 0 Å². The van der Waals surface area contributed by atoms with Gasteiger partial charge in [-0.1, -0.05) is 6.42 Å². The van der Waals surface area contributed by atoms with Gasteiger partial charge in [0.05, 0.1) is 5.60 Å². The minimum atomic E-state index is -0.178. The molecule has 2 bridgehead atoms. The lowest BCUT2D eigenvalue weighted by Gasteiger charge is -2.34. The Balaban J connectivity index is 2.00. The normalized spacial score (nSPS) is 60.3. The summed E-state index contributed by atoms with van der Waals surface area (Å²) in [5, 5.41) is 10.3. The second-order valence-electron chi connectivity index (χ2n) is 4.76. The van der Waals surface area contributed by atoms with Gasteiger partial charge in [-0.15, -0.1) is 0 Å². The van der Waals surface area contributed by atoms with Gasteiger partial charge in [-0.05, 0) is 49.9 Å². The predicted molar refractivity (Wildman–Crippen MR) is 43.1 cm³/mol. The van der Waals surface area contributed by atoms with Crippen LogP contribution in [0.5, 0.6) is 0 Å². The Bertz CT molecular complexity index is 189. The highest BCUT2D eigenvalue weighted by atomic mass is 16.3.